The molecule has 2 saturated heterocycles. The number of hydrogen-bond donors (Lipinski definition) is 2. The van der Waals surface area contributed by atoms with Gasteiger partial charge >= 0.3 is 0 Å². The van der Waals surface area contributed by atoms with Gasteiger partial charge in [-0.3, -0.25) is 9.79 Å². The minimum absolute atomic E-state index is 0.0335. The van der Waals surface area contributed by atoms with Crippen molar-refractivity contribution in [2.45, 2.75) is 58.4 Å². The maximum Gasteiger partial charge on any atom is 0.265 e. The second-order valence-electron chi connectivity index (χ2n) is 8.54. The highest BCUT2D eigenvalue weighted by atomic mass is 16.5. The van der Waals surface area contributed by atoms with E-state index >= 15 is 0 Å². The van der Waals surface area contributed by atoms with Crippen LogP contribution in [-0.4, -0.2) is 70.9 Å². The van der Waals surface area contributed by atoms with Crippen LogP contribution >= 0.6 is 0 Å². The minimum Gasteiger partial charge on any atom is -0.381 e. The number of nitrogens with zero attached hydrogens (tertiary/aromatic N) is 3. The maximum atomic E-state index is 12.5. The zero-order valence-electron chi connectivity index (χ0n) is 22.3. The van der Waals surface area contributed by atoms with Crippen molar-refractivity contribution in [1.82, 2.24) is 10.6 Å². The van der Waals surface area contributed by atoms with Crippen molar-refractivity contribution in [3.05, 3.63) is 41.8 Å². The lowest BCUT2D eigenvalue weighted by Gasteiger charge is -2.25. The molecule has 35 heavy (non-hydrogen) atoms. The minimum atomic E-state index is -0.119. The Labute approximate surface area is 210 Å². The number of benzene rings is 1. The van der Waals surface area contributed by atoms with Gasteiger partial charge < -0.3 is 30.0 Å². The smallest absolute Gasteiger partial charge is 0.265 e. The Kier molecular flexibility index (Phi) is 11.9. The van der Waals surface area contributed by atoms with Gasteiger partial charge in [0.15, 0.2) is 0 Å². The predicted molar refractivity (Wildman–Crippen MR) is 145 cm³/mol. The molecule has 3 aliphatic heterocycles. The number of para-hydroxylation sites is 1. The Bertz CT molecular complexity index is 881. The van der Waals surface area contributed by atoms with E-state index in [4.69, 9.17) is 9.47 Å². The summed E-state index contributed by atoms with van der Waals surface area (Å²) in [5.74, 6) is 0.755. The lowest BCUT2D eigenvalue weighted by Crippen LogP contribution is -2.41. The third-order valence-corrected chi connectivity index (χ3v) is 6.40. The Morgan fingerprint density at radius 3 is 2.46 bits per heavy atom. The number of amides is 1. The summed E-state index contributed by atoms with van der Waals surface area (Å²) in [4.78, 5) is 22.8. The predicted octanol–water partition coefficient (Wildman–Crippen LogP) is 3.67. The first kappa shape index (κ1) is 28.5. The number of rotatable bonds is 5. The van der Waals surface area contributed by atoms with Crippen LogP contribution < -0.4 is 15.5 Å². The van der Waals surface area contributed by atoms with E-state index in [0.29, 0.717) is 18.9 Å². The molecule has 1 aromatic carbocycles. The van der Waals surface area contributed by atoms with Gasteiger partial charge in [-0.1, -0.05) is 32.0 Å². The van der Waals surface area contributed by atoms with Gasteiger partial charge in [0.25, 0.3) is 5.91 Å². The monoisotopic (exact) mass is 485 g/mol. The average molecular weight is 486 g/mol. The van der Waals surface area contributed by atoms with Crippen LogP contribution in [0.5, 0.6) is 0 Å². The largest absolute Gasteiger partial charge is 0.381 e. The van der Waals surface area contributed by atoms with Gasteiger partial charge in [0.1, 0.15) is 11.5 Å². The highest BCUT2D eigenvalue weighted by Gasteiger charge is 2.46. The number of carbonyl (C=O) groups is 1. The van der Waals surface area contributed by atoms with Crippen LogP contribution in [0.3, 0.4) is 0 Å². The highest BCUT2D eigenvalue weighted by Crippen LogP contribution is 2.46. The zero-order chi connectivity index (χ0) is 25.7. The number of carbonyl (C=O) groups excluding carboxylic acids is 1. The van der Waals surface area contributed by atoms with Crippen molar-refractivity contribution >= 4 is 23.5 Å². The molecule has 0 saturated carbocycles. The van der Waals surface area contributed by atoms with E-state index in [1.165, 1.54) is 11.3 Å². The van der Waals surface area contributed by atoms with Gasteiger partial charge in [-0.2, -0.15) is 0 Å². The molecule has 1 unspecified atom stereocenters. The molecular weight excluding hydrogens is 442 g/mol. The van der Waals surface area contributed by atoms with Crippen LogP contribution in [-0.2, 0) is 19.7 Å². The SMILES string of the molecule is CC.CC=NC.CN/C(=C/N=C(C)C(=O)NC1CCOCC1)N1CC2(CCOC2)c2ccccc21. The molecule has 194 valence electrons. The van der Waals surface area contributed by atoms with Gasteiger partial charge in [0.05, 0.1) is 12.8 Å². The van der Waals surface area contributed by atoms with E-state index in [0.717, 1.165) is 44.8 Å². The van der Waals surface area contributed by atoms with E-state index in [2.05, 4.69) is 49.8 Å². The van der Waals surface area contributed by atoms with Crippen molar-refractivity contribution in [2.75, 3.05) is 52.0 Å². The van der Waals surface area contributed by atoms with E-state index in [-0.39, 0.29) is 17.4 Å². The van der Waals surface area contributed by atoms with Crippen molar-refractivity contribution in [3.63, 3.8) is 0 Å². The molecule has 0 bridgehead atoms. The molecule has 1 spiro atoms. The summed E-state index contributed by atoms with van der Waals surface area (Å²) >= 11 is 0. The number of aliphatic imine (C=N–C) groups is 2. The fourth-order valence-corrected chi connectivity index (χ4v) is 4.41. The van der Waals surface area contributed by atoms with Crippen LogP contribution in [0.25, 0.3) is 0 Å². The van der Waals surface area contributed by atoms with E-state index in [1.54, 1.807) is 26.4 Å². The molecule has 2 fully saturated rings. The molecule has 8 heteroatoms. The van der Waals surface area contributed by atoms with Crippen LogP contribution in [0.4, 0.5) is 5.69 Å². The summed E-state index contributed by atoms with van der Waals surface area (Å²) in [5.41, 5.74) is 3.00. The van der Waals surface area contributed by atoms with Gasteiger partial charge in [-0.25, -0.2) is 0 Å². The quantitative estimate of drug-likeness (QED) is 0.622. The summed E-state index contributed by atoms with van der Waals surface area (Å²) < 4.78 is 11.1. The summed E-state index contributed by atoms with van der Waals surface area (Å²) in [6.45, 7) is 11.4. The standard InChI is InChI=1S/C22H30N4O3.C3H7N.C2H6/c1-16(21(27)25-17-7-10-28-11-8-17)24-13-20(23-2)26-14-22(9-12-29-15-22)18-5-3-4-6-19(18)26;1-3-4-2;1-2/h3-6,13,17,23H,7-12,14-15H2,1-2H3,(H,25,27);3H,1-2H3;1-2H3/b20-13-,24-16?;;. The highest BCUT2D eigenvalue weighted by molar-refractivity contribution is 6.38. The average Bonchev–Trinajstić information content (AvgIpc) is 3.52. The van der Waals surface area contributed by atoms with Crippen LogP contribution in [0, 0.1) is 0 Å². The Balaban J connectivity index is 0.000000655. The molecule has 1 atom stereocenters. The zero-order valence-corrected chi connectivity index (χ0v) is 22.3. The number of nitrogens with one attached hydrogen (secondary N) is 2. The van der Waals surface area contributed by atoms with Crippen LogP contribution in [0.15, 0.2) is 46.3 Å². The first-order chi connectivity index (χ1) is 17.0. The number of ether oxygens (including phenoxy) is 2. The van der Waals surface area contributed by atoms with Gasteiger partial charge in [-0.05, 0) is 51.0 Å². The molecule has 2 N–H and O–H groups in total. The number of hydrogen-bond acceptors (Lipinski definition) is 7. The third-order valence-electron chi connectivity index (χ3n) is 6.40. The molecule has 4 rings (SSSR count). The molecule has 1 amide bonds. The van der Waals surface area contributed by atoms with E-state index in [1.807, 2.05) is 27.8 Å². The molecule has 1 aromatic rings. The molecular formula is C27H43N5O3. The Morgan fingerprint density at radius 1 is 1.17 bits per heavy atom. The molecule has 0 aliphatic carbocycles. The van der Waals surface area contributed by atoms with E-state index < -0.39 is 0 Å². The molecule has 3 aliphatic rings. The second kappa shape index (κ2) is 14.6. The Hall–Kier alpha value is -2.71. The first-order valence-electron chi connectivity index (χ1n) is 12.7. The lowest BCUT2D eigenvalue weighted by atomic mass is 9.82. The number of fused-ring (bicyclic) bond motifs is 2. The van der Waals surface area contributed by atoms with Crippen LogP contribution in [0.2, 0.25) is 0 Å². The molecule has 0 aromatic heterocycles. The van der Waals surface area contributed by atoms with Crippen molar-refractivity contribution in [2.24, 2.45) is 9.98 Å². The number of anilines is 1. The van der Waals surface area contributed by atoms with Crippen molar-refractivity contribution < 1.29 is 14.3 Å². The van der Waals surface area contributed by atoms with Crippen molar-refractivity contribution in [3.8, 4) is 0 Å². The molecule has 0 radical (unpaired) electrons. The fraction of sp³-hybridized carbons (Fsp3) is 0.593. The Morgan fingerprint density at radius 2 is 1.86 bits per heavy atom. The lowest BCUT2D eigenvalue weighted by molar-refractivity contribution is -0.116. The van der Waals surface area contributed by atoms with Gasteiger partial charge in [0, 0.05) is 57.6 Å². The summed E-state index contributed by atoms with van der Waals surface area (Å²) in [6.07, 6.45) is 6.23. The summed E-state index contributed by atoms with van der Waals surface area (Å²) in [6, 6.07) is 8.66. The van der Waals surface area contributed by atoms with Gasteiger partial charge in [0.2, 0.25) is 0 Å². The van der Waals surface area contributed by atoms with Crippen LogP contribution in [0.1, 0.15) is 52.5 Å². The topological polar surface area (TPSA) is 87.5 Å². The fourth-order valence-electron chi connectivity index (χ4n) is 4.41. The molecule has 3 heterocycles. The molecule has 8 nitrogen and oxygen atoms in total. The second-order valence-corrected chi connectivity index (χ2v) is 8.54. The van der Waals surface area contributed by atoms with Gasteiger partial charge in [-0.15, -0.1) is 0 Å². The summed E-state index contributed by atoms with van der Waals surface area (Å²) in [5, 5.41) is 6.31. The maximum absolute atomic E-state index is 12.5. The third kappa shape index (κ3) is 7.39. The first-order valence-corrected chi connectivity index (χ1v) is 12.7. The van der Waals surface area contributed by atoms with Crippen molar-refractivity contribution in [1.29, 1.82) is 0 Å². The summed E-state index contributed by atoms with van der Waals surface area (Å²) in [7, 11) is 3.64. The van der Waals surface area contributed by atoms with E-state index in [9.17, 15) is 4.79 Å². The normalized spacial score (nSPS) is 22.3.